The lowest BCUT2D eigenvalue weighted by Gasteiger charge is -2.09. The summed E-state index contributed by atoms with van der Waals surface area (Å²) in [7, 11) is 0. The molecule has 0 fully saturated rings. The average molecular weight is 240 g/mol. The van der Waals surface area contributed by atoms with Gasteiger partial charge in [0.1, 0.15) is 11.6 Å². The summed E-state index contributed by atoms with van der Waals surface area (Å²) in [4.78, 5) is 4.04. The zero-order valence-corrected chi connectivity index (χ0v) is 9.18. The van der Waals surface area contributed by atoms with Crippen molar-refractivity contribution in [1.29, 1.82) is 0 Å². The molecule has 16 heavy (non-hydrogen) atoms. The van der Waals surface area contributed by atoms with Crippen molar-refractivity contribution >= 4 is 11.3 Å². The van der Waals surface area contributed by atoms with E-state index in [1.165, 1.54) is 17.4 Å². The van der Waals surface area contributed by atoms with Gasteiger partial charge in [0, 0.05) is 5.38 Å². The van der Waals surface area contributed by atoms with Gasteiger partial charge in [-0.3, -0.25) is 0 Å². The topological polar surface area (TPSA) is 38.9 Å². The van der Waals surface area contributed by atoms with Crippen molar-refractivity contribution in [2.45, 2.75) is 12.5 Å². The van der Waals surface area contributed by atoms with Crippen LogP contribution in [0.25, 0.3) is 0 Å². The standard InChI is InChI=1S/C11H10F2N2S/c12-8-1-2-9(13)7(3-8)4-10(14)11-5-16-6-15-11/h1-3,5-6,10H,4,14H2. The smallest absolute Gasteiger partial charge is 0.126 e. The Balaban J connectivity index is 2.17. The van der Waals surface area contributed by atoms with Crippen molar-refractivity contribution in [1.82, 2.24) is 4.98 Å². The molecule has 0 amide bonds. The quantitative estimate of drug-likeness (QED) is 0.895. The summed E-state index contributed by atoms with van der Waals surface area (Å²) in [5.41, 5.74) is 8.49. The van der Waals surface area contributed by atoms with E-state index in [0.717, 1.165) is 12.1 Å². The normalized spacial score (nSPS) is 12.7. The molecule has 0 aliphatic carbocycles. The van der Waals surface area contributed by atoms with Crippen LogP contribution >= 0.6 is 11.3 Å². The summed E-state index contributed by atoms with van der Waals surface area (Å²) in [5, 5.41) is 1.81. The minimum atomic E-state index is -0.457. The third-order valence-corrected chi connectivity index (χ3v) is 2.88. The lowest BCUT2D eigenvalue weighted by atomic mass is 10.0. The molecule has 0 bridgehead atoms. The first-order chi connectivity index (χ1) is 7.66. The van der Waals surface area contributed by atoms with Crippen LogP contribution in [0.1, 0.15) is 17.3 Å². The van der Waals surface area contributed by atoms with Crippen molar-refractivity contribution in [3.05, 3.63) is 52.0 Å². The molecule has 0 aliphatic rings. The second kappa shape index (κ2) is 4.67. The zero-order valence-electron chi connectivity index (χ0n) is 8.36. The molecule has 1 atom stereocenters. The highest BCUT2D eigenvalue weighted by atomic mass is 32.1. The second-order valence-corrected chi connectivity index (χ2v) is 4.18. The number of rotatable bonds is 3. The van der Waals surface area contributed by atoms with Gasteiger partial charge in [0.05, 0.1) is 17.2 Å². The molecule has 2 nitrogen and oxygen atoms in total. The highest BCUT2D eigenvalue weighted by Gasteiger charge is 2.12. The van der Waals surface area contributed by atoms with Crippen molar-refractivity contribution in [3.63, 3.8) is 0 Å². The van der Waals surface area contributed by atoms with Gasteiger partial charge in [0.2, 0.25) is 0 Å². The van der Waals surface area contributed by atoms with E-state index in [2.05, 4.69) is 4.98 Å². The van der Waals surface area contributed by atoms with Crippen LogP contribution in [0.3, 0.4) is 0 Å². The van der Waals surface area contributed by atoms with Gasteiger partial charge in [-0.1, -0.05) is 0 Å². The minimum Gasteiger partial charge on any atom is -0.322 e. The molecule has 0 aliphatic heterocycles. The van der Waals surface area contributed by atoms with Crippen molar-refractivity contribution in [3.8, 4) is 0 Å². The molecule has 1 aromatic heterocycles. The second-order valence-electron chi connectivity index (χ2n) is 3.46. The molecule has 0 spiro atoms. The number of benzene rings is 1. The maximum Gasteiger partial charge on any atom is 0.126 e. The molecule has 1 unspecified atom stereocenters. The summed E-state index contributed by atoms with van der Waals surface area (Å²) >= 11 is 1.43. The fourth-order valence-electron chi connectivity index (χ4n) is 1.45. The fraction of sp³-hybridized carbons (Fsp3) is 0.182. The lowest BCUT2D eigenvalue weighted by Crippen LogP contribution is -2.14. The van der Waals surface area contributed by atoms with Crippen LogP contribution in [0.15, 0.2) is 29.1 Å². The van der Waals surface area contributed by atoms with Gasteiger partial charge in [-0.25, -0.2) is 13.8 Å². The first kappa shape index (κ1) is 11.2. The van der Waals surface area contributed by atoms with E-state index >= 15 is 0 Å². The summed E-state index contributed by atoms with van der Waals surface area (Å²) in [5.74, 6) is -0.894. The maximum absolute atomic E-state index is 13.3. The molecule has 2 N–H and O–H groups in total. The number of hydrogen-bond donors (Lipinski definition) is 1. The van der Waals surface area contributed by atoms with E-state index in [-0.39, 0.29) is 12.0 Å². The van der Waals surface area contributed by atoms with Crippen LogP contribution < -0.4 is 5.73 Å². The molecular formula is C11H10F2N2S. The van der Waals surface area contributed by atoms with Crippen molar-refractivity contribution in [2.75, 3.05) is 0 Å². The molecule has 0 saturated carbocycles. The Morgan fingerprint density at radius 3 is 2.88 bits per heavy atom. The van der Waals surface area contributed by atoms with Crippen LogP contribution in [0.2, 0.25) is 0 Å². The SMILES string of the molecule is NC(Cc1cc(F)ccc1F)c1cscn1. The largest absolute Gasteiger partial charge is 0.322 e. The molecule has 2 rings (SSSR count). The molecule has 0 radical (unpaired) electrons. The monoisotopic (exact) mass is 240 g/mol. The zero-order chi connectivity index (χ0) is 11.5. The fourth-order valence-corrected chi connectivity index (χ4v) is 2.06. The Bertz CT molecular complexity index is 471. The molecular weight excluding hydrogens is 230 g/mol. The lowest BCUT2D eigenvalue weighted by molar-refractivity contribution is 0.571. The Hall–Kier alpha value is -1.33. The maximum atomic E-state index is 13.3. The minimum absolute atomic E-state index is 0.243. The molecule has 5 heteroatoms. The Morgan fingerprint density at radius 2 is 2.19 bits per heavy atom. The van der Waals surface area contributed by atoms with Gasteiger partial charge in [0.15, 0.2) is 0 Å². The van der Waals surface area contributed by atoms with E-state index in [9.17, 15) is 8.78 Å². The van der Waals surface area contributed by atoms with Gasteiger partial charge in [-0.05, 0) is 30.2 Å². The average Bonchev–Trinajstić information content (AvgIpc) is 2.76. The highest BCUT2D eigenvalue weighted by molar-refractivity contribution is 7.07. The van der Waals surface area contributed by atoms with Gasteiger partial charge in [-0.2, -0.15) is 0 Å². The van der Waals surface area contributed by atoms with Crippen molar-refractivity contribution in [2.24, 2.45) is 5.73 Å². The van der Waals surface area contributed by atoms with Gasteiger partial charge in [0.25, 0.3) is 0 Å². The number of hydrogen-bond acceptors (Lipinski definition) is 3. The van der Waals surface area contributed by atoms with Gasteiger partial charge < -0.3 is 5.73 Å². The van der Waals surface area contributed by atoms with Crippen LogP contribution in [0.4, 0.5) is 8.78 Å². The summed E-state index contributed by atoms with van der Waals surface area (Å²) < 4.78 is 26.3. The molecule has 0 saturated heterocycles. The van der Waals surface area contributed by atoms with E-state index in [4.69, 9.17) is 5.73 Å². The van der Waals surface area contributed by atoms with Gasteiger partial charge >= 0.3 is 0 Å². The van der Waals surface area contributed by atoms with E-state index < -0.39 is 17.7 Å². The Kier molecular flexibility index (Phi) is 3.26. The Labute approximate surface area is 95.7 Å². The number of nitrogens with two attached hydrogens (primary N) is 1. The third-order valence-electron chi connectivity index (χ3n) is 2.28. The van der Waals surface area contributed by atoms with Crippen LogP contribution in [-0.2, 0) is 6.42 Å². The third kappa shape index (κ3) is 2.43. The summed E-state index contributed by atoms with van der Waals surface area (Å²) in [6.07, 6.45) is 0.243. The number of halogens is 2. The first-order valence-electron chi connectivity index (χ1n) is 4.74. The van der Waals surface area contributed by atoms with Crippen LogP contribution in [0.5, 0.6) is 0 Å². The molecule has 1 aromatic carbocycles. The predicted molar refractivity (Wildman–Crippen MR) is 59.1 cm³/mol. The van der Waals surface area contributed by atoms with E-state index in [1.54, 1.807) is 5.51 Å². The van der Waals surface area contributed by atoms with Crippen molar-refractivity contribution < 1.29 is 8.78 Å². The molecule has 84 valence electrons. The number of nitrogens with zero attached hydrogens (tertiary/aromatic N) is 1. The van der Waals surface area contributed by atoms with Gasteiger partial charge in [-0.15, -0.1) is 11.3 Å². The van der Waals surface area contributed by atoms with Crippen LogP contribution in [-0.4, -0.2) is 4.98 Å². The first-order valence-corrected chi connectivity index (χ1v) is 5.68. The summed E-state index contributed by atoms with van der Waals surface area (Å²) in [6, 6.07) is 2.97. The molecule has 1 heterocycles. The summed E-state index contributed by atoms with van der Waals surface area (Å²) in [6.45, 7) is 0. The number of aromatic nitrogens is 1. The Morgan fingerprint density at radius 1 is 1.38 bits per heavy atom. The van der Waals surface area contributed by atoms with E-state index in [1.807, 2.05) is 5.38 Å². The van der Waals surface area contributed by atoms with E-state index in [0.29, 0.717) is 5.69 Å². The molecule has 2 aromatic rings. The highest BCUT2D eigenvalue weighted by Crippen LogP contribution is 2.18. The predicted octanol–water partition coefficient (Wildman–Crippen LogP) is 2.66. The number of thiazole rings is 1. The van der Waals surface area contributed by atoms with Crippen LogP contribution in [0, 0.1) is 11.6 Å².